The van der Waals surface area contributed by atoms with Crippen molar-refractivity contribution in [2.45, 2.75) is 5.41 Å². The molecule has 0 saturated carbocycles. The molecule has 4 heterocycles. The number of hydrogen-bond acceptors (Lipinski definition) is 0. The maximum atomic E-state index is 2.48. The van der Waals surface area contributed by atoms with Gasteiger partial charge in [-0.05, 0) is 58.7 Å². The minimum absolute atomic E-state index is 0.576. The smallest absolute Gasteiger partial charge is 0.0702 e. The normalized spacial score (nSPS) is 12.7. The summed E-state index contributed by atoms with van der Waals surface area (Å²) >= 11 is 0. The van der Waals surface area contributed by atoms with E-state index in [0.717, 1.165) is 0 Å². The summed E-state index contributed by atoms with van der Waals surface area (Å²) in [5.41, 5.74) is 12.0. The summed E-state index contributed by atoms with van der Waals surface area (Å²) in [4.78, 5) is 0. The molecule has 0 unspecified atom stereocenters. The van der Waals surface area contributed by atoms with Gasteiger partial charge in [-0.2, -0.15) is 0 Å². The highest BCUT2D eigenvalue weighted by Crippen LogP contribution is 2.49. The third kappa shape index (κ3) is 3.32. The molecule has 2 nitrogen and oxygen atoms in total. The maximum absolute atomic E-state index is 2.48. The average Bonchev–Trinajstić information content (AvgIpc) is 3.93. The number of rotatable bonds is 4. The van der Waals surface area contributed by atoms with Crippen LogP contribution in [-0.4, -0.2) is 8.80 Å². The number of fused-ring (bicyclic) bond motifs is 12. The van der Waals surface area contributed by atoms with Crippen molar-refractivity contribution in [1.82, 2.24) is 8.80 Å². The largest absolute Gasteiger partial charge is 0.308 e. The molecule has 236 valence electrons. The zero-order valence-corrected chi connectivity index (χ0v) is 27.7. The van der Waals surface area contributed by atoms with Crippen LogP contribution in [0.25, 0.3) is 76.2 Å². The number of hydrogen-bond donors (Lipinski definition) is 0. The Morgan fingerprint density at radius 1 is 0.255 bits per heavy atom. The predicted octanol–water partition coefficient (Wildman–Crippen LogP) is 12.4. The van der Waals surface area contributed by atoms with Gasteiger partial charge in [0, 0.05) is 43.1 Å². The van der Waals surface area contributed by atoms with Crippen LogP contribution in [0.3, 0.4) is 0 Å². The minimum Gasteiger partial charge on any atom is -0.308 e. The van der Waals surface area contributed by atoms with Crippen molar-refractivity contribution in [1.29, 1.82) is 0 Å². The molecular weight excluding hydrogens is 617 g/mol. The molecule has 0 fully saturated rings. The minimum atomic E-state index is -0.576. The lowest BCUT2D eigenvalue weighted by Crippen LogP contribution is -2.31. The van der Waals surface area contributed by atoms with Crippen LogP contribution in [-0.2, 0) is 5.41 Å². The van der Waals surface area contributed by atoms with Gasteiger partial charge < -0.3 is 8.80 Å². The van der Waals surface area contributed by atoms with Gasteiger partial charge in [-0.15, -0.1) is 0 Å². The molecule has 0 atom stereocenters. The van der Waals surface area contributed by atoms with Crippen LogP contribution in [0.15, 0.2) is 182 Å². The summed E-state index contributed by atoms with van der Waals surface area (Å²) in [6.45, 7) is 0. The SMILES string of the molecule is c1ccc(C(c2ccccc2)(c2ccc3c(c2)c2cccc4c5ccccc5n3c42)c2ccc3c(c2)c2cccc4c5ccccc5n3c42)cc1. The lowest BCUT2D eigenvalue weighted by Gasteiger charge is -2.37. The summed E-state index contributed by atoms with van der Waals surface area (Å²) in [6, 6.07) is 67.9. The van der Waals surface area contributed by atoms with Crippen LogP contribution in [0.1, 0.15) is 22.3 Å². The molecule has 0 bridgehead atoms. The van der Waals surface area contributed by atoms with Crippen LogP contribution < -0.4 is 0 Å². The van der Waals surface area contributed by atoms with Gasteiger partial charge in [-0.3, -0.25) is 0 Å². The van der Waals surface area contributed by atoms with E-state index in [2.05, 4.69) is 191 Å². The highest BCUT2D eigenvalue weighted by molar-refractivity contribution is 6.24. The monoisotopic (exact) mass is 646 g/mol. The van der Waals surface area contributed by atoms with Crippen molar-refractivity contribution >= 4 is 76.2 Å². The van der Waals surface area contributed by atoms with E-state index in [1.54, 1.807) is 0 Å². The Hall–Kier alpha value is -6.64. The number of benzene rings is 8. The Balaban J connectivity index is 1.22. The lowest BCUT2D eigenvalue weighted by atomic mass is 9.65. The van der Waals surface area contributed by atoms with Crippen molar-refractivity contribution in [3.63, 3.8) is 0 Å². The number of aromatic nitrogens is 2. The van der Waals surface area contributed by atoms with E-state index in [9.17, 15) is 0 Å². The molecule has 4 aromatic heterocycles. The van der Waals surface area contributed by atoms with Gasteiger partial charge in [-0.25, -0.2) is 0 Å². The van der Waals surface area contributed by atoms with E-state index in [0.29, 0.717) is 0 Å². The van der Waals surface area contributed by atoms with Gasteiger partial charge >= 0.3 is 0 Å². The summed E-state index contributed by atoms with van der Waals surface area (Å²) < 4.78 is 4.95. The van der Waals surface area contributed by atoms with Crippen LogP contribution in [0.2, 0.25) is 0 Å². The Morgan fingerprint density at radius 3 is 1.06 bits per heavy atom. The molecule has 0 aliphatic carbocycles. The molecule has 12 aromatic rings. The van der Waals surface area contributed by atoms with E-state index < -0.39 is 5.41 Å². The lowest BCUT2D eigenvalue weighted by molar-refractivity contribution is 0.748. The highest BCUT2D eigenvalue weighted by atomic mass is 14.9. The van der Waals surface area contributed by atoms with Gasteiger partial charge in [0.15, 0.2) is 0 Å². The van der Waals surface area contributed by atoms with Crippen molar-refractivity contribution < 1.29 is 0 Å². The second-order valence-corrected chi connectivity index (χ2v) is 14.1. The first kappa shape index (κ1) is 27.2. The molecule has 0 amide bonds. The highest BCUT2D eigenvalue weighted by Gasteiger charge is 2.39. The van der Waals surface area contributed by atoms with Crippen LogP contribution >= 0.6 is 0 Å². The van der Waals surface area contributed by atoms with Crippen molar-refractivity contribution in [2.24, 2.45) is 0 Å². The van der Waals surface area contributed by atoms with Crippen LogP contribution in [0.4, 0.5) is 0 Å². The fourth-order valence-electron chi connectivity index (χ4n) is 9.71. The Morgan fingerprint density at radius 2 is 0.608 bits per heavy atom. The van der Waals surface area contributed by atoms with E-state index in [4.69, 9.17) is 0 Å². The fraction of sp³-hybridized carbons (Fsp3) is 0.0204. The molecule has 0 aliphatic heterocycles. The van der Waals surface area contributed by atoms with Gasteiger partial charge in [0.05, 0.1) is 38.5 Å². The number of nitrogens with zero attached hydrogens (tertiary/aromatic N) is 2. The molecule has 0 N–H and O–H groups in total. The summed E-state index contributed by atoms with van der Waals surface area (Å²) in [7, 11) is 0. The molecule has 0 radical (unpaired) electrons. The number of para-hydroxylation sites is 4. The second kappa shape index (κ2) is 9.74. The molecular formula is C49H30N2. The first-order valence-corrected chi connectivity index (χ1v) is 17.8. The van der Waals surface area contributed by atoms with Crippen LogP contribution in [0.5, 0.6) is 0 Å². The van der Waals surface area contributed by atoms with Gasteiger partial charge in [-0.1, -0.05) is 146 Å². The fourth-order valence-corrected chi connectivity index (χ4v) is 9.71. The molecule has 2 heteroatoms. The van der Waals surface area contributed by atoms with E-state index in [-0.39, 0.29) is 0 Å². The summed E-state index contributed by atoms with van der Waals surface area (Å²) in [5, 5.41) is 10.4. The Kier molecular flexibility index (Phi) is 5.20. The molecule has 0 saturated heterocycles. The summed E-state index contributed by atoms with van der Waals surface area (Å²) in [5.74, 6) is 0. The van der Waals surface area contributed by atoms with Crippen LogP contribution in [0, 0.1) is 0 Å². The van der Waals surface area contributed by atoms with Gasteiger partial charge in [0.25, 0.3) is 0 Å². The van der Waals surface area contributed by atoms with E-state index >= 15 is 0 Å². The standard InChI is InChI=1S/C49H30N2/c1-3-13-31(14-4-1)49(32-15-5-2-6-16-32,33-25-27-45-41(29-33)39-21-11-19-37-35-17-7-9-23-43(35)50(45)47(37)39)34-26-28-46-42(30-34)40-22-12-20-38-36-18-8-10-24-44(36)51(46)48(38)40/h1-30H. The Bertz CT molecular complexity index is 3070. The van der Waals surface area contributed by atoms with Gasteiger partial charge in [0.1, 0.15) is 0 Å². The predicted molar refractivity (Wildman–Crippen MR) is 214 cm³/mol. The molecule has 0 spiro atoms. The van der Waals surface area contributed by atoms with Crippen molar-refractivity contribution in [2.75, 3.05) is 0 Å². The maximum Gasteiger partial charge on any atom is 0.0702 e. The zero-order valence-electron chi connectivity index (χ0n) is 27.7. The van der Waals surface area contributed by atoms with E-state index in [1.165, 1.54) is 98.4 Å². The third-order valence-electron chi connectivity index (χ3n) is 11.7. The van der Waals surface area contributed by atoms with E-state index in [1.807, 2.05) is 0 Å². The zero-order chi connectivity index (χ0) is 33.3. The summed E-state index contributed by atoms with van der Waals surface area (Å²) in [6.07, 6.45) is 0. The van der Waals surface area contributed by atoms with Gasteiger partial charge in [0.2, 0.25) is 0 Å². The van der Waals surface area contributed by atoms with Crippen molar-refractivity contribution in [3.8, 4) is 0 Å². The molecule has 0 aliphatic rings. The Labute approximate surface area is 293 Å². The van der Waals surface area contributed by atoms with Crippen molar-refractivity contribution in [3.05, 3.63) is 204 Å². The first-order chi connectivity index (χ1) is 25.3. The topological polar surface area (TPSA) is 8.82 Å². The second-order valence-electron chi connectivity index (χ2n) is 14.1. The average molecular weight is 647 g/mol. The third-order valence-corrected chi connectivity index (χ3v) is 11.7. The first-order valence-electron chi connectivity index (χ1n) is 17.8. The molecule has 8 aromatic carbocycles. The quantitative estimate of drug-likeness (QED) is 0.168. The molecule has 12 rings (SSSR count). The molecule has 51 heavy (non-hydrogen) atoms.